The molecule has 2 aromatic carbocycles. The first-order valence-corrected chi connectivity index (χ1v) is 8.25. The minimum absolute atomic E-state index is 0.666. The summed E-state index contributed by atoms with van der Waals surface area (Å²) in [6, 6.07) is 14.7. The van der Waals surface area contributed by atoms with Crippen LogP contribution in [0.3, 0.4) is 0 Å². The van der Waals surface area contributed by atoms with Gasteiger partial charge in [-0.2, -0.15) is 0 Å². The van der Waals surface area contributed by atoms with Crippen molar-refractivity contribution in [2.45, 2.75) is 38.9 Å². The molecule has 0 amide bonds. The highest BCUT2D eigenvalue weighted by Crippen LogP contribution is 2.32. The normalized spacial score (nSPS) is 13.0. The molecule has 0 unspecified atom stereocenters. The van der Waals surface area contributed by atoms with E-state index in [0.717, 1.165) is 5.46 Å². The third kappa shape index (κ3) is 2.67. The summed E-state index contributed by atoms with van der Waals surface area (Å²) in [5.41, 5.74) is -0.540. The Kier molecular flexibility index (Phi) is 3.80. The Bertz CT molecular complexity index is 815. The first-order chi connectivity index (χ1) is 10.3. The van der Waals surface area contributed by atoms with Crippen molar-refractivity contribution in [3.63, 3.8) is 0 Å². The Morgan fingerprint density at radius 3 is 2.36 bits per heavy atom. The van der Waals surface area contributed by atoms with Crippen molar-refractivity contribution >= 4 is 44.5 Å². The van der Waals surface area contributed by atoms with Crippen molar-refractivity contribution in [2.24, 2.45) is 0 Å². The number of fused-ring (bicyclic) bond motifs is 3. The summed E-state index contributed by atoms with van der Waals surface area (Å²) in [6.07, 6.45) is 0. The molecule has 1 aromatic heterocycles. The first kappa shape index (κ1) is 15.5. The molecule has 0 aliphatic carbocycles. The van der Waals surface area contributed by atoms with Crippen LogP contribution in [0.25, 0.3) is 20.2 Å². The number of benzene rings is 2. The Balaban J connectivity index is 2.01. The van der Waals surface area contributed by atoms with Gasteiger partial charge in [-0.3, -0.25) is 0 Å². The topological polar surface area (TPSA) is 29.5 Å². The van der Waals surface area contributed by atoms with Crippen LogP contribution in [0.5, 0.6) is 0 Å². The van der Waals surface area contributed by atoms with Crippen molar-refractivity contribution in [1.29, 1.82) is 0 Å². The zero-order chi connectivity index (χ0) is 16.0. The average molecular weight is 311 g/mol. The molecule has 1 radical (unpaired) electrons. The summed E-state index contributed by atoms with van der Waals surface area (Å²) in [7, 11) is 1.78. The second kappa shape index (κ2) is 5.37. The van der Waals surface area contributed by atoms with Crippen LogP contribution in [0.2, 0.25) is 0 Å². The smallest absolute Gasteiger partial charge is 0.331 e. The van der Waals surface area contributed by atoms with Gasteiger partial charge in [-0.1, -0.05) is 30.3 Å². The number of thiophene rings is 1. The highest BCUT2D eigenvalue weighted by Gasteiger charge is 2.35. The van der Waals surface area contributed by atoms with Crippen LogP contribution in [0, 0.1) is 0 Å². The van der Waals surface area contributed by atoms with Crippen molar-refractivity contribution in [2.75, 3.05) is 0 Å². The zero-order valence-corrected chi connectivity index (χ0v) is 14.2. The molecule has 0 saturated heterocycles. The maximum atomic E-state index is 10.2. The molecule has 3 aromatic rings. The standard InChI is InChI=1S/C18H20BO2S/c1-17(2,20)18(3,4)21-19-13-9-7-11-15-16(13)12-8-5-6-10-14(12)22-15/h5-11,20H,1-4H3. The maximum absolute atomic E-state index is 10.2. The Morgan fingerprint density at radius 2 is 1.64 bits per heavy atom. The summed E-state index contributed by atoms with van der Waals surface area (Å²) in [4.78, 5) is 0. The van der Waals surface area contributed by atoms with E-state index < -0.39 is 11.2 Å². The predicted molar refractivity (Wildman–Crippen MR) is 96.2 cm³/mol. The van der Waals surface area contributed by atoms with Gasteiger partial charge < -0.3 is 9.76 Å². The van der Waals surface area contributed by atoms with Crippen LogP contribution in [-0.2, 0) is 4.65 Å². The van der Waals surface area contributed by atoms with Crippen molar-refractivity contribution < 1.29 is 9.76 Å². The third-order valence-electron chi connectivity index (χ3n) is 4.39. The van der Waals surface area contributed by atoms with E-state index in [0.29, 0.717) is 0 Å². The lowest BCUT2D eigenvalue weighted by atomic mass is 9.80. The van der Waals surface area contributed by atoms with Crippen molar-refractivity contribution in [3.05, 3.63) is 42.5 Å². The quantitative estimate of drug-likeness (QED) is 0.741. The van der Waals surface area contributed by atoms with Crippen LogP contribution >= 0.6 is 11.3 Å². The van der Waals surface area contributed by atoms with Gasteiger partial charge in [0.25, 0.3) is 0 Å². The van der Waals surface area contributed by atoms with Crippen LogP contribution in [0.15, 0.2) is 42.5 Å². The van der Waals surface area contributed by atoms with E-state index in [1.54, 1.807) is 32.7 Å². The van der Waals surface area contributed by atoms with Crippen LogP contribution in [0.1, 0.15) is 27.7 Å². The SMILES string of the molecule is CC(C)(O)C(C)(C)O[B]c1cccc2sc3ccccc3c12. The molecule has 4 heteroatoms. The fourth-order valence-corrected chi connectivity index (χ4v) is 3.40. The van der Waals surface area contributed by atoms with E-state index in [9.17, 15) is 5.11 Å². The average Bonchev–Trinajstić information content (AvgIpc) is 2.83. The van der Waals surface area contributed by atoms with Gasteiger partial charge in [-0.05, 0) is 56.1 Å². The van der Waals surface area contributed by atoms with E-state index >= 15 is 0 Å². The van der Waals surface area contributed by atoms with Crippen molar-refractivity contribution in [3.8, 4) is 0 Å². The second-order valence-corrected chi connectivity index (χ2v) is 7.71. The van der Waals surface area contributed by atoms with E-state index in [2.05, 4.69) is 36.4 Å². The van der Waals surface area contributed by atoms with Gasteiger partial charge in [-0.15, -0.1) is 11.3 Å². The van der Waals surface area contributed by atoms with E-state index in [1.165, 1.54) is 20.2 Å². The highest BCUT2D eigenvalue weighted by atomic mass is 32.1. The molecule has 0 aliphatic rings. The number of aliphatic hydroxyl groups is 1. The minimum atomic E-state index is -0.923. The van der Waals surface area contributed by atoms with Crippen LogP contribution in [-0.4, -0.2) is 23.8 Å². The molecule has 0 spiro atoms. The molecule has 0 fully saturated rings. The first-order valence-electron chi connectivity index (χ1n) is 7.43. The predicted octanol–water partition coefficient (Wildman–Crippen LogP) is 3.87. The van der Waals surface area contributed by atoms with Crippen LogP contribution < -0.4 is 5.46 Å². The zero-order valence-electron chi connectivity index (χ0n) is 13.4. The number of hydrogen-bond donors (Lipinski definition) is 1. The maximum Gasteiger partial charge on any atom is 0.331 e. The second-order valence-electron chi connectivity index (χ2n) is 6.62. The van der Waals surface area contributed by atoms with Gasteiger partial charge in [0, 0.05) is 9.40 Å². The summed E-state index contributed by atoms with van der Waals surface area (Å²) < 4.78 is 8.46. The Morgan fingerprint density at radius 1 is 0.955 bits per heavy atom. The molecule has 0 atom stereocenters. The highest BCUT2D eigenvalue weighted by molar-refractivity contribution is 7.26. The Labute approximate surface area is 136 Å². The third-order valence-corrected chi connectivity index (χ3v) is 5.52. The van der Waals surface area contributed by atoms with Gasteiger partial charge in [0.05, 0.1) is 11.2 Å². The van der Waals surface area contributed by atoms with Crippen molar-refractivity contribution in [1.82, 2.24) is 0 Å². The van der Waals surface area contributed by atoms with Gasteiger partial charge >= 0.3 is 7.48 Å². The summed E-state index contributed by atoms with van der Waals surface area (Å²) in [6.45, 7) is 7.33. The van der Waals surface area contributed by atoms with Crippen LogP contribution in [0.4, 0.5) is 0 Å². The number of rotatable bonds is 4. The minimum Gasteiger partial charge on any atom is -0.427 e. The lowest BCUT2D eigenvalue weighted by Gasteiger charge is -2.37. The molecule has 3 rings (SSSR count). The summed E-state index contributed by atoms with van der Waals surface area (Å²) in [5.74, 6) is 0. The fraction of sp³-hybridized carbons (Fsp3) is 0.333. The fourth-order valence-electron chi connectivity index (χ4n) is 2.26. The molecule has 0 bridgehead atoms. The molecule has 1 N–H and O–H groups in total. The molecule has 0 aliphatic heterocycles. The molecule has 113 valence electrons. The van der Waals surface area contributed by atoms with E-state index in [-0.39, 0.29) is 0 Å². The molecule has 22 heavy (non-hydrogen) atoms. The van der Waals surface area contributed by atoms with Gasteiger partial charge in [0.2, 0.25) is 0 Å². The van der Waals surface area contributed by atoms with Gasteiger partial charge in [-0.25, -0.2) is 0 Å². The lowest BCUT2D eigenvalue weighted by Crippen LogP contribution is -2.49. The number of hydrogen-bond acceptors (Lipinski definition) is 3. The largest absolute Gasteiger partial charge is 0.427 e. The molecular weight excluding hydrogens is 291 g/mol. The summed E-state index contributed by atoms with van der Waals surface area (Å²) >= 11 is 1.79. The Hall–Kier alpha value is -1.36. The van der Waals surface area contributed by atoms with E-state index in [4.69, 9.17) is 4.65 Å². The summed E-state index contributed by atoms with van der Waals surface area (Å²) in [5, 5.41) is 12.7. The van der Waals surface area contributed by atoms with Gasteiger partial charge in [0.15, 0.2) is 0 Å². The van der Waals surface area contributed by atoms with E-state index in [1.807, 2.05) is 19.9 Å². The lowest BCUT2D eigenvalue weighted by molar-refractivity contribution is -0.0893. The monoisotopic (exact) mass is 311 g/mol. The molecule has 2 nitrogen and oxygen atoms in total. The van der Waals surface area contributed by atoms with Gasteiger partial charge in [0.1, 0.15) is 0 Å². The molecule has 0 saturated carbocycles. The molecule has 1 heterocycles. The molecular formula is C18H20BO2S.